The summed E-state index contributed by atoms with van der Waals surface area (Å²) in [5.41, 5.74) is 8.61. The van der Waals surface area contributed by atoms with E-state index in [4.69, 9.17) is 16.8 Å². The van der Waals surface area contributed by atoms with E-state index in [1.807, 2.05) is 20.8 Å². The summed E-state index contributed by atoms with van der Waals surface area (Å²) in [6.45, 7) is 15.0. The van der Waals surface area contributed by atoms with Crippen LogP contribution in [0.1, 0.15) is 56.2 Å². The zero-order valence-corrected chi connectivity index (χ0v) is 22.1. The number of aromatic nitrogens is 2. The molecule has 1 amide bonds. The maximum atomic E-state index is 14.5. The number of hydrazine groups is 1. The first-order valence-electron chi connectivity index (χ1n) is 11.4. The van der Waals surface area contributed by atoms with Crippen molar-refractivity contribution in [3.63, 3.8) is 0 Å². The number of anilines is 1. The number of rotatable bonds is 8. The molecule has 1 aromatic heterocycles. The maximum absolute atomic E-state index is 14.5. The van der Waals surface area contributed by atoms with E-state index in [-0.39, 0.29) is 11.3 Å². The van der Waals surface area contributed by atoms with Crippen LogP contribution in [0.2, 0.25) is 0 Å². The lowest BCUT2D eigenvalue weighted by molar-refractivity contribution is 0.0966. The number of hydrogen-bond donors (Lipinski definition) is 3. The molecule has 0 aliphatic carbocycles. The lowest BCUT2D eigenvalue weighted by Crippen LogP contribution is -2.28. The monoisotopic (exact) mass is 493 g/mol. The summed E-state index contributed by atoms with van der Waals surface area (Å²) in [4.78, 5) is 12.7. The summed E-state index contributed by atoms with van der Waals surface area (Å²) in [6, 6.07) is 6.04. The van der Waals surface area contributed by atoms with Crippen LogP contribution in [0.15, 0.2) is 66.7 Å². The third-order valence-corrected chi connectivity index (χ3v) is 5.35. The average molecular weight is 494 g/mol. The van der Waals surface area contributed by atoms with Gasteiger partial charge in [-0.1, -0.05) is 32.6 Å². The number of amides is 1. The Bertz CT molecular complexity index is 1230. The molecule has 2 aromatic rings. The Kier molecular flexibility index (Phi) is 10.8. The Morgan fingerprint density at radius 2 is 2.00 bits per heavy atom. The summed E-state index contributed by atoms with van der Waals surface area (Å²) in [7, 11) is 1.78. The molecule has 0 aliphatic rings. The van der Waals surface area contributed by atoms with E-state index in [9.17, 15) is 9.18 Å². The van der Waals surface area contributed by atoms with Gasteiger partial charge in [-0.15, -0.1) is 0 Å². The van der Waals surface area contributed by atoms with Crippen LogP contribution in [0.5, 0.6) is 0 Å². The Hall–Kier alpha value is -4.16. The van der Waals surface area contributed by atoms with Crippen LogP contribution in [0, 0.1) is 29.5 Å². The number of carbonyl (C=O) groups is 1. The molecule has 0 spiro atoms. The standard InChI is InChI=1S/C25H30FN7O.C2H6/c1-16(25(4,5)15-27)8-7-9-17(2)31-24(34)19-10-11-21(26)23(12-19)33(29)14-22(28)20-13-30-32(6)18(20)3;1-2/h7-14H,1,28-29H2,2-6H3,(H,31,34);1-2H3/b8-7-,17-9+,22-14-;. The Balaban J connectivity index is 0.00000316. The lowest BCUT2D eigenvalue weighted by Gasteiger charge is -2.17. The summed E-state index contributed by atoms with van der Waals surface area (Å²) in [5.74, 6) is 4.98. The Morgan fingerprint density at radius 3 is 2.56 bits per heavy atom. The van der Waals surface area contributed by atoms with Crippen molar-refractivity contribution in [1.82, 2.24) is 15.1 Å². The molecule has 0 bridgehead atoms. The van der Waals surface area contributed by atoms with Crippen LogP contribution < -0.4 is 21.9 Å². The average Bonchev–Trinajstić information content (AvgIpc) is 3.18. The molecule has 0 fully saturated rings. The Morgan fingerprint density at radius 1 is 1.36 bits per heavy atom. The smallest absolute Gasteiger partial charge is 0.255 e. The number of halogens is 1. The zero-order chi connectivity index (χ0) is 27.6. The SMILES string of the molecule is C=C(/C=C\C=C(/C)NC(=O)c1ccc(F)c(N(N)/C=C(\N)c2cnn(C)c2C)c1)C(C)(C)C#N.CC. The van der Waals surface area contributed by atoms with Crippen LogP contribution in [0.25, 0.3) is 5.70 Å². The van der Waals surface area contributed by atoms with Crippen molar-refractivity contribution in [3.8, 4) is 6.07 Å². The fraction of sp³-hybridized carbons (Fsp3) is 0.296. The molecule has 9 heteroatoms. The largest absolute Gasteiger partial charge is 0.397 e. The second-order valence-corrected chi connectivity index (χ2v) is 8.35. The third-order valence-electron chi connectivity index (χ3n) is 5.35. The van der Waals surface area contributed by atoms with Gasteiger partial charge in [-0.05, 0) is 57.5 Å². The van der Waals surface area contributed by atoms with E-state index in [1.165, 1.54) is 18.3 Å². The number of benzene rings is 1. The van der Waals surface area contributed by atoms with Crippen molar-refractivity contribution in [1.29, 1.82) is 5.26 Å². The minimum absolute atomic E-state index is 0.0197. The molecule has 0 saturated heterocycles. The molecule has 0 saturated carbocycles. The van der Waals surface area contributed by atoms with Crippen LogP contribution >= 0.6 is 0 Å². The molecule has 5 N–H and O–H groups in total. The van der Waals surface area contributed by atoms with Gasteiger partial charge in [-0.2, -0.15) is 10.4 Å². The third kappa shape index (κ3) is 7.68. The molecule has 0 atom stereocenters. The fourth-order valence-corrected chi connectivity index (χ4v) is 2.80. The lowest BCUT2D eigenvalue weighted by atomic mass is 9.87. The van der Waals surface area contributed by atoms with Crippen LogP contribution in [0.4, 0.5) is 10.1 Å². The Labute approximate surface area is 213 Å². The normalized spacial score (nSPS) is 12.0. The topological polar surface area (TPSA) is 126 Å². The molecule has 0 aliphatic heterocycles. The first kappa shape index (κ1) is 29.9. The van der Waals surface area contributed by atoms with Gasteiger partial charge in [0.2, 0.25) is 0 Å². The van der Waals surface area contributed by atoms with Crippen molar-refractivity contribution in [2.24, 2.45) is 24.0 Å². The highest BCUT2D eigenvalue weighted by molar-refractivity contribution is 5.96. The van der Waals surface area contributed by atoms with Gasteiger partial charge in [0.1, 0.15) is 5.82 Å². The number of aryl methyl sites for hydroxylation is 1. The zero-order valence-electron chi connectivity index (χ0n) is 22.1. The molecule has 1 aromatic carbocycles. The van der Waals surface area contributed by atoms with E-state index < -0.39 is 17.1 Å². The first-order chi connectivity index (χ1) is 16.9. The first-order valence-corrected chi connectivity index (χ1v) is 11.4. The van der Waals surface area contributed by atoms with Gasteiger partial charge < -0.3 is 11.1 Å². The fourth-order valence-electron chi connectivity index (χ4n) is 2.80. The number of nitrogens with two attached hydrogens (primary N) is 2. The van der Waals surface area contributed by atoms with Gasteiger partial charge in [0.15, 0.2) is 0 Å². The summed E-state index contributed by atoms with van der Waals surface area (Å²) in [6.07, 6.45) is 8.05. The summed E-state index contributed by atoms with van der Waals surface area (Å²) < 4.78 is 16.1. The van der Waals surface area contributed by atoms with E-state index in [0.717, 1.165) is 16.8 Å². The van der Waals surface area contributed by atoms with E-state index >= 15 is 0 Å². The van der Waals surface area contributed by atoms with E-state index in [0.29, 0.717) is 22.5 Å². The van der Waals surface area contributed by atoms with E-state index in [2.05, 4.69) is 23.1 Å². The quantitative estimate of drug-likeness (QED) is 0.275. The number of carbonyl (C=O) groups excluding carboxylic acids is 1. The van der Waals surface area contributed by atoms with Crippen molar-refractivity contribution in [3.05, 3.63) is 89.3 Å². The van der Waals surface area contributed by atoms with Crippen LogP contribution in [-0.2, 0) is 7.05 Å². The summed E-state index contributed by atoms with van der Waals surface area (Å²) >= 11 is 0. The molecule has 2 rings (SSSR count). The van der Waals surface area contributed by atoms with Crippen LogP contribution in [0.3, 0.4) is 0 Å². The van der Waals surface area contributed by atoms with Gasteiger partial charge in [0.25, 0.3) is 5.91 Å². The van der Waals surface area contributed by atoms with Crippen molar-refractivity contribution in [2.45, 2.75) is 41.5 Å². The molecule has 8 nitrogen and oxygen atoms in total. The number of nitrogens with one attached hydrogen (secondary N) is 1. The van der Waals surface area contributed by atoms with E-state index in [1.54, 1.807) is 56.9 Å². The van der Waals surface area contributed by atoms with Crippen molar-refractivity contribution < 1.29 is 9.18 Å². The second-order valence-electron chi connectivity index (χ2n) is 8.35. The van der Waals surface area contributed by atoms with Gasteiger partial charge in [-0.3, -0.25) is 14.5 Å². The molecule has 192 valence electrons. The highest BCUT2D eigenvalue weighted by Crippen LogP contribution is 2.24. The number of allylic oxidation sites excluding steroid dienone is 5. The molecule has 36 heavy (non-hydrogen) atoms. The van der Waals surface area contributed by atoms with Gasteiger partial charge in [-0.25, -0.2) is 10.2 Å². The van der Waals surface area contributed by atoms with Gasteiger partial charge >= 0.3 is 0 Å². The number of nitrogens with zero attached hydrogens (tertiary/aromatic N) is 4. The molecule has 0 radical (unpaired) electrons. The molecule has 0 unspecified atom stereocenters. The number of hydrogen-bond acceptors (Lipinski definition) is 6. The molecular weight excluding hydrogens is 457 g/mol. The molecule has 1 heterocycles. The predicted octanol–water partition coefficient (Wildman–Crippen LogP) is 4.83. The second kappa shape index (κ2) is 13.1. The summed E-state index contributed by atoms with van der Waals surface area (Å²) in [5, 5.41) is 17.0. The minimum Gasteiger partial charge on any atom is -0.397 e. The van der Waals surface area contributed by atoms with Crippen LogP contribution in [-0.4, -0.2) is 15.7 Å². The molecular formula is C27H36FN7O. The van der Waals surface area contributed by atoms with Gasteiger partial charge in [0, 0.05) is 35.8 Å². The predicted molar refractivity (Wildman–Crippen MR) is 143 cm³/mol. The highest BCUT2D eigenvalue weighted by atomic mass is 19.1. The number of nitriles is 1. The van der Waals surface area contributed by atoms with Crippen molar-refractivity contribution >= 4 is 17.3 Å². The maximum Gasteiger partial charge on any atom is 0.255 e. The highest BCUT2D eigenvalue weighted by Gasteiger charge is 2.18. The van der Waals surface area contributed by atoms with Gasteiger partial charge in [0.05, 0.1) is 29.1 Å². The van der Waals surface area contributed by atoms with Crippen molar-refractivity contribution in [2.75, 3.05) is 5.01 Å². The minimum atomic E-state index is -0.687.